The molecule has 84 valence electrons. The van der Waals surface area contributed by atoms with Gasteiger partial charge >= 0.3 is 0 Å². The van der Waals surface area contributed by atoms with Crippen LogP contribution in [0, 0.1) is 10.1 Å². The fraction of sp³-hybridized carbons (Fsp3) is 0.111. The number of rotatable bonds is 4. The Morgan fingerprint density at radius 1 is 1.62 bits per heavy atom. The highest BCUT2D eigenvalue weighted by molar-refractivity contribution is 5.83. The van der Waals surface area contributed by atoms with E-state index < -0.39 is 17.4 Å². The van der Waals surface area contributed by atoms with E-state index in [0.717, 1.165) is 0 Å². The lowest BCUT2D eigenvalue weighted by molar-refractivity contribution is -0.384. The molecular formula is C9H9N3O4. The molecule has 1 rings (SSSR count). The lowest BCUT2D eigenvalue weighted by Gasteiger charge is -1.95. The molecule has 0 aromatic heterocycles. The molecular weight excluding hydrogens is 214 g/mol. The van der Waals surface area contributed by atoms with Crippen LogP contribution in [-0.2, 0) is 4.79 Å². The SMILES string of the molecule is O=C(CO)NN=Cc1cccc([N+](=O)[O-])c1. The zero-order valence-electron chi connectivity index (χ0n) is 8.16. The maximum atomic E-state index is 10.6. The first-order chi connectivity index (χ1) is 7.63. The molecule has 0 aliphatic carbocycles. The summed E-state index contributed by atoms with van der Waals surface area (Å²) in [6, 6.07) is 5.77. The third-order valence-electron chi connectivity index (χ3n) is 1.63. The Labute approximate surface area is 90.6 Å². The van der Waals surface area contributed by atoms with Crippen LogP contribution >= 0.6 is 0 Å². The van der Waals surface area contributed by atoms with Gasteiger partial charge in [0.15, 0.2) is 0 Å². The van der Waals surface area contributed by atoms with E-state index in [1.807, 2.05) is 5.43 Å². The van der Waals surface area contributed by atoms with Crippen LogP contribution in [0.3, 0.4) is 0 Å². The molecule has 0 fully saturated rings. The Kier molecular flexibility index (Phi) is 4.10. The standard InChI is InChI=1S/C9H9N3O4/c13-6-9(14)11-10-5-7-2-1-3-8(4-7)12(15)16/h1-5,13H,6H2,(H,11,14). The summed E-state index contributed by atoms with van der Waals surface area (Å²) in [6.07, 6.45) is 1.25. The largest absolute Gasteiger partial charge is 0.386 e. The summed E-state index contributed by atoms with van der Waals surface area (Å²) in [5.41, 5.74) is 2.46. The van der Waals surface area contributed by atoms with Crippen molar-refractivity contribution in [1.82, 2.24) is 5.43 Å². The Morgan fingerprint density at radius 3 is 3.00 bits per heavy atom. The zero-order valence-corrected chi connectivity index (χ0v) is 8.16. The van der Waals surface area contributed by atoms with Crippen molar-refractivity contribution in [3.8, 4) is 0 Å². The van der Waals surface area contributed by atoms with Crippen molar-refractivity contribution in [2.75, 3.05) is 6.61 Å². The minimum Gasteiger partial charge on any atom is -0.386 e. The number of nitrogens with zero attached hydrogens (tertiary/aromatic N) is 2. The Bertz CT molecular complexity index is 431. The quantitative estimate of drug-likeness (QED) is 0.427. The first-order valence-electron chi connectivity index (χ1n) is 4.30. The Morgan fingerprint density at radius 2 is 2.38 bits per heavy atom. The number of carbonyl (C=O) groups excluding carboxylic acids is 1. The fourth-order valence-corrected chi connectivity index (χ4v) is 0.933. The number of aliphatic hydroxyl groups excluding tert-OH is 1. The average Bonchev–Trinajstić information content (AvgIpc) is 2.29. The highest BCUT2D eigenvalue weighted by Crippen LogP contribution is 2.11. The minimum absolute atomic E-state index is 0.0579. The maximum absolute atomic E-state index is 10.6. The molecule has 1 amide bonds. The van der Waals surface area contributed by atoms with E-state index in [9.17, 15) is 14.9 Å². The van der Waals surface area contributed by atoms with Crippen LogP contribution < -0.4 is 5.43 Å². The smallest absolute Gasteiger partial charge is 0.270 e. The van der Waals surface area contributed by atoms with Gasteiger partial charge in [-0.15, -0.1) is 0 Å². The summed E-state index contributed by atoms with van der Waals surface area (Å²) in [4.78, 5) is 20.5. The lowest BCUT2D eigenvalue weighted by Crippen LogP contribution is -2.20. The van der Waals surface area contributed by atoms with Gasteiger partial charge in [-0.2, -0.15) is 5.10 Å². The van der Waals surface area contributed by atoms with E-state index in [1.165, 1.54) is 24.4 Å². The Balaban J connectivity index is 2.70. The van der Waals surface area contributed by atoms with Crippen molar-refractivity contribution in [2.24, 2.45) is 5.10 Å². The van der Waals surface area contributed by atoms with Gasteiger partial charge in [-0.05, 0) is 0 Å². The molecule has 0 aliphatic rings. The number of aliphatic hydroxyl groups is 1. The van der Waals surface area contributed by atoms with Crippen molar-refractivity contribution in [1.29, 1.82) is 0 Å². The average molecular weight is 223 g/mol. The molecule has 0 heterocycles. The number of carbonyl (C=O) groups is 1. The van der Waals surface area contributed by atoms with Gasteiger partial charge in [-0.25, -0.2) is 5.43 Å². The summed E-state index contributed by atoms with van der Waals surface area (Å²) in [5, 5.41) is 22.3. The number of benzene rings is 1. The van der Waals surface area contributed by atoms with Crippen LogP contribution in [0.15, 0.2) is 29.4 Å². The van der Waals surface area contributed by atoms with Gasteiger partial charge in [0, 0.05) is 17.7 Å². The van der Waals surface area contributed by atoms with Crippen LogP contribution in [-0.4, -0.2) is 28.8 Å². The number of non-ortho nitro benzene ring substituents is 1. The van der Waals surface area contributed by atoms with Crippen molar-refractivity contribution in [3.63, 3.8) is 0 Å². The van der Waals surface area contributed by atoms with Gasteiger partial charge in [-0.3, -0.25) is 14.9 Å². The second kappa shape index (κ2) is 5.56. The minimum atomic E-state index is -0.660. The summed E-state index contributed by atoms with van der Waals surface area (Å²) >= 11 is 0. The molecule has 7 heteroatoms. The number of nitro groups is 1. The molecule has 0 saturated heterocycles. The van der Waals surface area contributed by atoms with Crippen molar-refractivity contribution in [2.45, 2.75) is 0 Å². The number of nitrogens with one attached hydrogen (secondary N) is 1. The van der Waals surface area contributed by atoms with Gasteiger partial charge in [0.25, 0.3) is 11.6 Å². The number of amides is 1. The second-order valence-corrected chi connectivity index (χ2v) is 2.80. The molecule has 7 nitrogen and oxygen atoms in total. The number of hydrazone groups is 1. The van der Waals surface area contributed by atoms with Crippen molar-refractivity contribution >= 4 is 17.8 Å². The summed E-state index contributed by atoms with van der Waals surface area (Å²) < 4.78 is 0. The molecule has 0 unspecified atom stereocenters. The van der Waals surface area contributed by atoms with Gasteiger partial charge in [0.2, 0.25) is 0 Å². The van der Waals surface area contributed by atoms with E-state index in [-0.39, 0.29) is 5.69 Å². The molecule has 0 bridgehead atoms. The first-order valence-corrected chi connectivity index (χ1v) is 4.30. The van der Waals surface area contributed by atoms with Gasteiger partial charge in [0.1, 0.15) is 6.61 Å². The maximum Gasteiger partial charge on any atom is 0.270 e. The normalized spacial score (nSPS) is 10.3. The van der Waals surface area contributed by atoms with E-state index >= 15 is 0 Å². The molecule has 0 aliphatic heterocycles. The summed E-state index contributed by atoms with van der Waals surface area (Å²) in [6.45, 7) is -0.660. The molecule has 0 radical (unpaired) electrons. The van der Waals surface area contributed by atoms with Gasteiger partial charge in [0.05, 0.1) is 11.1 Å². The van der Waals surface area contributed by atoms with Gasteiger partial charge < -0.3 is 5.11 Å². The number of hydrogen-bond donors (Lipinski definition) is 2. The van der Waals surface area contributed by atoms with Crippen LogP contribution in [0.25, 0.3) is 0 Å². The van der Waals surface area contributed by atoms with E-state index in [4.69, 9.17) is 5.11 Å². The molecule has 0 atom stereocenters. The van der Waals surface area contributed by atoms with Crippen LogP contribution in [0.5, 0.6) is 0 Å². The molecule has 1 aromatic rings. The predicted molar refractivity (Wildman–Crippen MR) is 55.9 cm³/mol. The van der Waals surface area contributed by atoms with E-state index in [2.05, 4.69) is 5.10 Å². The highest BCUT2D eigenvalue weighted by atomic mass is 16.6. The number of hydrogen-bond acceptors (Lipinski definition) is 5. The van der Waals surface area contributed by atoms with Gasteiger partial charge in [-0.1, -0.05) is 12.1 Å². The first kappa shape index (κ1) is 11.8. The number of nitro benzene ring substituents is 1. The van der Waals surface area contributed by atoms with E-state index in [0.29, 0.717) is 5.56 Å². The topological polar surface area (TPSA) is 105 Å². The van der Waals surface area contributed by atoms with Crippen LogP contribution in [0.1, 0.15) is 5.56 Å². The molecule has 16 heavy (non-hydrogen) atoms. The van der Waals surface area contributed by atoms with Crippen molar-refractivity contribution < 1.29 is 14.8 Å². The summed E-state index contributed by atoms with van der Waals surface area (Å²) in [5.74, 6) is -0.651. The molecule has 1 aromatic carbocycles. The Hall–Kier alpha value is -2.28. The van der Waals surface area contributed by atoms with Crippen LogP contribution in [0.4, 0.5) is 5.69 Å². The molecule has 2 N–H and O–H groups in total. The fourth-order valence-electron chi connectivity index (χ4n) is 0.933. The van der Waals surface area contributed by atoms with Crippen LogP contribution in [0.2, 0.25) is 0 Å². The third-order valence-corrected chi connectivity index (χ3v) is 1.63. The monoisotopic (exact) mass is 223 g/mol. The third kappa shape index (κ3) is 3.46. The second-order valence-electron chi connectivity index (χ2n) is 2.80. The molecule has 0 spiro atoms. The lowest BCUT2D eigenvalue weighted by atomic mass is 10.2. The predicted octanol–water partition coefficient (Wildman–Crippen LogP) is 0.0372. The van der Waals surface area contributed by atoms with Crippen molar-refractivity contribution in [3.05, 3.63) is 39.9 Å². The highest BCUT2D eigenvalue weighted by Gasteiger charge is 2.03. The van der Waals surface area contributed by atoms with E-state index in [1.54, 1.807) is 6.07 Å². The summed E-state index contributed by atoms with van der Waals surface area (Å²) in [7, 11) is 0. The molecule has 0 saturated carbocycles. The zero-order chi connectivity index (χ0) is 12.0.